The molecule has 4 nitrogen and oxygen atoms in total. The van der Waals surface area contributed by atoms with Crippen LogP contribution in [0.25, 0.3) is 0 Å². The molecular formula is C6H7BrN2O2. The van der Waals surface area contributed by atoms with E-state index in [1.54, 1.807) is 6.92 Å². The van der Waals surface area contributed by atoms with Crippen LogP contribution < -0.4 is 0 Å². The van der Waals surface area contributed by atoms with Crippen molar-refractivity contribution in [3.63, 3.8) is 0 Å². The highest BCUT2D eigenvalue weighted by Gasteiger charge is 2.13. The van der Waals surface area contributed by atoms with E-state index in [1.165, 1.54) is 7.11 Å². The number of carbonyl (C=O) groups excluding carboxylic acids is 1. The molecular weight excluding hydrogens is 212 g/mol. The number of nitrogens with one attached hydrogen (secondary N) is 1. The van der Waals surface area contributed by atoms with Crippen LogP contribution in [0, 0.1) is 6.92 Å². The molecule has 1 rings (SSSR count). The van der Waals surface area contributed by atoms with Gasteiger partial charge in [0.05, 0.1) is 7.11 Å². The van der Waals surface area contributed by atoms with Gasteiger partial charge in [-0.3, -0.25) is 0 Å². The SMILES string of the molecule is COC(=O)c1nc(C)[nH]c1Br. The standard InChI is InChI=1S/C6H7BrN2O2/c1-3-8-4(5(7)9-3)6(10)11-2/h1-2H3,(H,8,9). The van der Waals surface area contributed by atoms with Crippen LogP contribution in [-0.2, 0) is 4.74 Å². The second-order valence-electron chi connectivity index (χ2n) is 1.98. The average molecular weight is 219 g/mol. The molecule has 0 aliphatic heterocycles. The van der Waals surface area contributed by atoms with E-state index in [0.29, 0.717) is 10.4 Å². The molecule has 1 heterocycles. The number of aryl methyl sites for hydroxylation is 1. The summed E-state index contributed by atoms with van der Waals surface area (Å²) in [6.45, 7) is 1.76. The van der Waals surface area contributed by atoms with E-state index < -0.39 is 5.97 Å². The number of ether oxygens (including phenoxy) is 1. The summed E-state index contributed by atoms with van der Waals surface area (Å²) < 4.78 is 5.04. The zero-order valence-corrected chi connectivity index (χ0v) is 7.73. The molecule has 0 aromatic carbocycles. The van der Waals surface area contributed by atoms with Crippen LogP contribution in [0.1, 0.15) is 16.3 Å². The zero-order chi connectivity index (χ0) is 8.43. The molecule has 0 saturated carbocycles. The summed E-state index contributed by atoms with van der Waals surface area (Å²) in [5, 5.41) is 0. The number of imidazole rings is 1. The van der Waals surface area contributed by atoms with Gasteiger partial charge in [-0.1, -0.05) is 0 Å². The molecule has 60 valence electrons. The van der Waals surface area contributed by atoms with Gasteiger partial charge < -0.3 is 9.72 Å². The molecule has 1 aromatic rings. The number of hydrogen-bond donors (Lipinski definition) is 1. The van der Waals surface area contributed by atoms with Crippen LogP contribution in [-0.4, -0.2) is 23.0 Å². The Balaban J connectivity index is 3.03. The van der Waals surface area contributed by atoms with Gasteiger partial charge in [-0.2, -0.15) is 0 Å². The predicted octanol–water partition coefficient (Wildman–Crippen LogP) is 1.27. The van der Waals surface area contributed by atoms with Crippen LogP contribution >= 0.6 is 15.9 Å². The predicted molar refractivity (Wildman–Crippen MR) is 42.4 cm³/mol. The lowest BCUT2D eigenvalue weighted by Gasteiger charge is -1.92. The van der Waals surface area contributed by atoms with E-state index in [4.69, 9.17) is 0 Å². The zero-order valence-electron chi connectivity index (χ0n) is 6.14. The molecule has 0 radical (unpaired) electrons. The lowest BCUT2D eigenvalue weighted by Crippen LogP contribution is -2.02. The van der Waals surface area contributed by atoms with Crippen LogP contribution in [0.2, 0.25) is 0 Å². The maximum atomic E-state index is 10.9. The summed E-state index contributed by atoms with van der Waals surface area (Å²) in [7, 11) is 1.32. The molecule has 0 aliphatic carbocycles. The van der Waals surface area contributed by atoms with Gasteiger partial charge in [0.2, 0.25) is 0 Å². The minimum absolute atomic E-state index is 0.282. The van der Waals surface area contributed by atoms with Crippen molar-refractivity contribution in [1.82, 2.24) is 9.97 Å². The summed E-state index contributed by atoms with van der Waals surface area (Å²) in [5.74, 6) is 0.235. The first kappa shape index (κ1) is 8.26. The fourth-order valence-corrected chi connectivity index (χ4v) is 1.23. The highest BCUT2D eigenvalue weighted by atomic mass is 79.9. The summed E-state index contributed by atoms with van der Waals surface area (Å²) in [5.41, 5.74) is 0.282. The molecule has 1 aromatic heterocycles. The van der Waals surface area contributed by atoms with Crippen LogP contribution in [0.3, 0.4) is 0 Å². The summed E-state index contributed by atoms with van der Waals surface area (Å²) >= 11 is 3.14. The van der Waals surface area contributed by atoms with Gasteiger partial charge in [0.25, 0.3) is 0 Å². The Morgan fingerprint density at radius 3 is 2.73 bits per heavy atom. The molecule has 1 N–H and O–H groups in total. The third-order valence-corrected chi connectivity index (χ3v) is 1.73. The van der Waals surface area contributed by atoms with Crippen molar-refractivity contribution >= 4 is 21.9 Å². The number of H-pyrrole nitrogens is 1. The van der Waals surface area contributed by atoms with Gasteiger partial charge in [-0.15, -0.1) is 0 Å². The number of aromatic amines is 1. The molecule has 0 saturated heterocycles. The number of carbonyl (C=O) groups is 1. The van der Waals surface area contributed by atoms with Gasteiger partial charge >= 0.3 is 5.97 Å². The normalized spacial score (nSPS) is 9.73. The number of hydrogen-bond acceptors (Lipinski definition) is 3. The number of methoxy groups -OCH3 is 1. The first-order valence-corrected chi connectivity index (χ1v) is 3.75. The molecule has 5 heteroatoms. The van der Waals surface area contributed by atoms with Crippen molar-refractivity contribution in [1.29, 1.82) is 0 Å². The van der Waals surface area contributed by atoms with Crippen LogP contribution in [0.5, 0.6) is 0 Å². The van der Waals surface area contributed by atoms with E-state index in [1.807, 2.05) is 0 Å². The second kappa shape index (κ2) is 3.04. The third kappa shape index (κ3) is 1.59. The average Bonchev–Trinajstić information content (AvgIpc) is 2.28. The Labute approximate surface area is 72.1 Å². The van der Waals surface area contributed by atoms with E-state index >= 15 is 0 Å². The third-order valence-electron chi connectivity index (χ3n) is 1.16. The van der Waals surface area contributed by atoms with Gasteiger partial charge in [0.15, 0.2) is 5.69 Å². The first-order valence-electron chi connectivity index (χ1n) is 2.95. The van der Waals surface area contributed by atoms with Gasteiger partial charge in [-0.05, 0) is 22.9 Å². The van der Waals surface area contributed by atoms with E-state index in [0.717, 1.165) is 0 Å². The Bertz CT molecular complexity index is 282. The minimum atomic E-state index is -0.443. The first-order chi connectivity index (χ1) is 5.15. The van der Waals surface area contributed by atoms with Crippen molar-refractivity contribution in [2.45, 2.75) is 6.92 Å². The molecule has 0 fully saturated rings. The van der Waals surface area contributed by atoms with E-state index in [-0.39, 0.29) is 5.69 Å². The Morgan fingerprint density at radius 1 is 1.73 bits per heavy atom. The van der Waals surface area contributed by atoms with Gasteiger partial charge in [0.1, 0.15) is 10.4 Å². The quantitative estimate of drug-likeness (QED) is 0.723. The summed E-state index contributed by atoms with van der Waals surface area (Å²) in [4.78, 5) is 17.6. The Morgan fingerprint density at radius 2 is 2.36 bits per heavy atom. The fourth-order valence-electron chi connectivity index (χ4n) is 0.695. The molecule has 11 heavy (non-hydrogen) atoms. The van der Waals surface area contributed by atoms with Crippen molar-refractivity contribution in [2.75, 3.05) is 7.11 Å². The van der Waals surface area contributed by atoms with Crippen LogP contribution in [0.4, 0.5) is 0 Å². The smallest absolute Gasteiger partial charge is 0.359 e. The van der Waals surface area contributed by atoms with Gasteiger partial charge in [0, 0.05) is 0 Å². The molecule has 0 spiro atoms. The lowest BCUT2D eigenvalue weighted by molar-refractivity contribution is 0.0593. The summed E-state index contributed by atoms with van der Waals surface area (Å²) in [6.07, 6.45) is 0. The monoisotopic (exact) mass is 218 g/mol. The topological polar surface area (TPSA) is 55.0 Å². The van der Waals surface area contributed by atoms with E-state index in [9.17, 15) is 4.79 Å². The number of esters is 1. The van der Waals surface area contributed by atoms with Crippen LogP contribution in [0.15, 0.2) is 4.60 Å². The van der Waals surface area contributed by atoms with Crippen molar-refractivity contribution in [2.24, 2.45) is 0 Å². The lowest BCUT2D eigenvalue weighted by atomic mass is 10.5. The molecule has 0 unspecified atom stereocenters. The largest absolute Gasteiger partial charge is 0.464 e. The molecule has 0 atom stereocenters. The number of nitrogens with zero attached hydrogens (tertiary/aromatic N) is 1. The maximum absolute atomic E-state index is 10.9. The highest BCUT2D eigenvalue weighted by Crippen LogP contribution is 2.13. The second-order valence-corrected chi connectivity index (χ2v) is 2.77. The minimum Gasteiger partial charge on any atom is -0.464 e. The number of halogens is 1. The Hall–Kier alpha value is -0.840. The van der Waals surface area contributed by atoms with Crippen molar-refractivity contribution < 1.29 is 9.53 Å². The fraction of sp³-hybridized carbons (Fsp3) is 0.333. The number of rotatable bonds is 1. The maximum Gasteiger partial charge on any atom is 0.359 e. The number of aromatic nitrogens is 2. The van der Waals surface area contributed by atoms with Gasteiger partial charge in [-0.25, -0.2) is 9.78 Å². The van der Waals surface area contributed by atoms with Crippen molar-refractivity contribution in [3.8, 4) is 0 Å². The molecule has 0 amide bonds. The molecule has 0 bridgehead atoms. The Kier molecular flexibility index (Phi) is 2.28. The summed E-state index contributed by atoms with van der Waals surface area (Å²) in [6, 6.07) is 0. The highest BCUT2D eigenvalue weighted by molar-refractivity contribution is 9.10. The van der Waals surface area contributed by atoms with Crippen molar-refractivity contribution in [3.05, 3.63) is 16.1 Å². The van der Waals surface area contributed by atoms with E-state index in [2.05, 4.69) is 30.6 Å². The molecule has 0 aliphatic rings.